The van der Waals surface area contributed by atoms with Crippen molar-refractivity contribution in [3.63, 3.8) is 0 Å². The molecule has 1 aromatic heterocycles. The number of aromatic amines is 1. The van der Waals surface area contributed by atoms with Crippen LogP contribution < -0.4 is 9.47 Å². The van der Waals surface area contributed by atoms with E-state index >= 15 is 0 Å². The molecule has 0 aliphatic carbocycles. The van der Waals surface area contributed by atoms with Crippen molar-refractivity contribution in [2.24, 2.45) is 0 Å². The Bertz CT molecular complexity index is 833. The molecular weight excluding hydrogens is 328 g/mol. The number of benzene rings is 2. The summed E-state index contributed by atoms with van der Waals surface area (Å²) in [5, 5.41) is 9.69. The highest BCUT2D eigenvalue weighted by Crippen LogP contribution is 2.32. The number of hydrogen-bond donors (Lipinski definition) is 2. The summed E-state index contributed by atoms with van der Waals surface area (Å²) in [5.41, 5.74) is 2.99. The molecule has 0 spiro atoms. The highest BCUT2D eigenvalue weighted by molar-refractivity contribution is 7.98. The Morgan fingerprint density at radius 1 is 1.17 bits per heavy atom. The van der Waals surface area contributed by atoms with Crippen LogP contribution in [0.1, 0.15) is 15.9 Å². The molecule has 24 heavy (non-hydrogen) atoms. The van der Waals surface area contributed by atoms with Crippen molar-refractivity contribution in [2.75, 3.05) is 14.2 Å². The maximum absolute atomic E-state index is 10.9. The number of nitrogens with one attached hydrogen (secondary N) is 1. The zero-order valence-electron chi connectivity index (χ0n) is 13.2. The average Bonchev–Trinajstić information content (AvgIpc) is 3.00. The second-order valence-corrected chi connectivity index (χ2v) is 6.02. The first kappa shape index (κ1) is 16.2. The molecule has 0 saturated carbocycles. The summed E-state index contributed by atoms with van der Waals surface area (Å²) in [6.07, 6.45) is 0. The molecule has 124 valence electrons. The molecule has 0 unspecified atom stereocenters. The summed E-state index contributed by atoms with van der Waals surface area (Å²) < 4.78 is 10.6. The van der Waals surface area contributed by atoms with E-state index in [1.807, 2.05) is 24.3 Å². The van der Waals surface area contributed by atoms with Crippen LogP contribution in [0.5, 0.6) is 11.5 Å². The van der Waals surface area contributed by atoms with Gasteiger partial charge in [0.25, 0.3) is 0 Å². The lowest BCUT2D eigenvalue weighted by Crippen LogP contribution is -1.95. The molecule has 0 atom stereocenters. The van der Waals surface area contributed by atoms with Gasteiger partial charge in [-0.2, -0.15) is 0 Å². The molecule has 2 aromatic carbocycles. The molecule has 0 aliphatic heterocycles. The zero-order valence-corrected chi connectivity index (χ0v) is 14.0. The monoisotopic (exact) mass is 344 g/mol. The van der Waals surface area contributed by atoms with Gasteiger partial charge >= 0.3 is 5.97 Å². The van der Waals surface area contributed by atoms with Crippen LogP contribution >= 0.6 is 11.8 Å². The number of H-pyrrole nitrogens is 1. The summed E-state index contributed by atoms with van der Waals surface area (Å²) in [7, 11) is 3.18. The lowest BCUT2D eigenvalue weighted by atomic mass is 10.1. The van der Waals surface area contributed by atoms with Gasteiger partial charge in [-0.05, 0) is 17.7 Å². The van der Waals surface area contributed by atoms with Crippen molar-refractivity contribution in [3.8, 4) is 11.5 Å². The van der Waals surface area contributed by atoms with E-state index < -0.39 is 5.97 Å². The fraction of sp³-hybridized carbons (Fsp3) is 0.176. The van der Waals surface area contributed by atoms with Crippen molar-refractivity contribution in [2.45, 2.75) is 10.9 Å². The standard InChI is InChI=1S/C17H16N2O4S/c1-22-14-7-12-13(8-15(14)23-2)19-17(18-12)24-9-10-3-5-11(6-4-10)16(20)21/h3-8H,9H2,1-2H3,(H,18,19)(H,20,21). The number of aromatic carboxylic acids is 1. The summed E-state index contributed by atoms with van der Waals surface area (Å²) in [6, 6.07) is 10.5. The quantitative estimate of drug-likeness (QED) is 0.665. The number of aromatic nitrogens is 2. The number of carbonyl (C=O) groups is 1. The third-order valence-corrected chi connectivity index (χ3v) is 4.49. The van der Waals surface area contributed by atoms with E-state index in [2.05, 4.69) is 9.97 Å². The second kappa shape index (κ2) is 6.84. The molecule has 0 saturated heterocycles. The van der Waals surface area contributed by atoms with E-state index in [9.17, 15) is 4.79 Å². The number of carboxylic acids is 1. The first-order valence-corrected chi connectivity index (χ1v) is 8.16. The molecule has 1 heterocycles. The van der Waals surface area contributed by atoms with Crippen LogP contribution in [0.2, 0.25) is 0 Å². The van der Waals surface area contributed by atoms with E-state index in [-0.39, 0.29) is 5.56 Å². The van der Waals surface area contributed by atoms with E-state index in [1.54, 1.807) is 38.1 Å². The molecule has 3 aromatic rings. The largest absolute Gasteiger partial charge is 0.493 e. The van der Waals surface area contributed by atoms with Gasteiger partial charge in [0, 0.05) is 17.9 Å². The SMILES string of the molecule is COc1cc2nc(SCc3ccc(C(=O)O)cc3)[nH]c2cc1OC. The molecule has 7 heteroatoms. The Hall–Kier alpha value is -2.67. The van der Waals surface area contributed by atoms with Crippen LogP contribution in [0.4, 0.5) is 0 Å². The highest BCUT2D eigenvalue weighted by Gasteiger charge is 2.10. The fourth-order valence-electron chi connectivity index (χ4n) is 2.28. The number of ether oxygens (including phenoxy) is 2. The van der Waals surface area contributed by atoms with Crippen LogP contribution in [-0.2, 0) is 5.75 Å². The molecule has 0 bridgehead atoms. The zero-order chi connectivity index (χ0) is 17.1. The van der Waals surface area contributed by atoms with E-state index in [0.717, 1.165) is 21.8 Å². The predicted octanol–water partition coefficient (Wildman–Crippen LogP) is 3.57. The fourth-order valence-corrected chi connectivity index (χ4v) is 3.12. The maximum Gasteiger partial charge on any atom is 0.335 e. The lowest BCUT2D eigenvalue weighted by Gasteiger charge is -2.06. The van der Waals surface area contributed by atoms with E-state index in [0.29, 0.717) is 17.3 Å². The number of carboxylic acid groups (broad SMARTS) is 1. The van der Waals surface area contributed by atoms with Gasteiger partial charge < -0.3 is 19.6 Å². The Morgan fingerprint density at radius 3 is 2.46 bits per heavy atom. The Labute approximate surface area is 142 Å². The molecule has 3 rings (SSSR count). The summed E-state index contributed by atoms with van der Waals surface area (Å²) in [5.74, 6) is 1.05. The van der Waals surface area contributed by atoms with E-state index in [4.69, 9.17) is 14.6 Å². The number of nitrogens with zero attached hydrogens (tertiary/aromatic N) is 1. The highest BCUT2D eigenvalue weighted by atomic mass is 32.2. The van der Waals surface area contributed by atoms with Crippen LogP contribution in [0.15, 0.2) is 41.6 Å². The van der Waals surface area contributed by atoms with Gasteiger partial charge in [-0.1, -0.05) is 23.9 Å². The van der Waals surface area contributed by atoms with Crippen LogP contribution in [0.25, 0.3) is 11.0 Å². The van der Waals surface area contributed by atoms with Gasteiger partial charge in [0.05, 0.1) is 30.8 Å². The van der Waals surface area contributed by atoms with Gasteiger partial charge in [0.15, 0.2) is 16.7 Å². The Kier molecular flexibility index (Phi) is 4.61. The lowest BCUT2D eigenvalue weighted by molar-refractivity contribution is 0.0697. The van der Waals surface area contributed by atoms with Crippen molar-refractivity contribution in [1.29, 1.82) is 0 Å². The van der Waals surface area contributed by atoms with Gasteiger partial charge in [0.2, 0.25) is 0 Å². The number of hydrogen-bond acceptors (Lipinski definition) is 5. The molecule has 0 fully saturated rings. The molecule has 0 radical (unpaired) electrons. The van der Waals surface area contributed by atoms with Gasteiger partial charge in [-0.3, -0.25) is 0 Å². The van der Waals surface area contributed by atoms with Gasteiger partial charge in [-0.15, -0.1) is 0 Å². The Morgan fingerprint density at radius 2 is 1.83 bits per heavy atom. The predicted molar refractivity (Wildman–Crippen MR) is 92.2 cm³/mol. The number of rotatable bonds is 6. The van der Waals surface area contributed by atoms with Crippen molar-refractivity contribution < 1.29 is 19.4 Å². The number of thioether (sulfide) groups is 1. The minimum atomic E-state index is -0.922. The van der Waals surface area contributed by atoms with E-state index in [1.165, 1.54) is 0 Å². The average molecular weight is 344 g/mol. The number of methoxy groups -OCH3 is 2. The third kappa shape index (κ3) is 3.30. The molecule has 6 nitrogen and oxygen atoms in total. The van der Waals surface area contributed by atoms with Crippen LogP contribution in [0.3, 0.4) is 0 Å². The normalized spacial score (nSPS) is 10.8. The van der Waals surface area contributed by atoms with Crippen LogP contribution in [0, 0.1) is 0 Å². The molecular formula is C17H16N2O4S. The van der Waals surface area contributed by atoms with Crippen molar-refractivity contribution in [3.05, 3.63) is 47.5 Å². The molecule has 0 aliphatic rings. The first-order chi connectivity index (χ1) is 11.6. The topological polar surface area (TPSA) is 84.4 Å². The summed E-state index contributed by atoms with van der Waals surface area (Å²) in [6.45, 7) is 0. The summed E-state index contributed by atoms with van der Waals surface area (Å²) in [4.78, 5) is 18.6. The number of imidazole rings is 1. The van der Waals surface area contributed by atoms with Crippen molar-refractivity contribution >= 4 is 28.8 Å². The van der Waals surface area contributed by atoms with Crippen molar-refractivity contribution in [1.82, 2.24) is 9.97 Å². The Balaban J connectivity index is 1.76. The smallest absolute Gasteiger partial charge is 0.335 e. The number of fused-ring (bicyclic) bond motifs is 1. The minimum absolute atomic E-state index is 0.284. The maximum atomic E-state index is 10.9. The van der Waals surface area contributed by atoms with Crippen LogP contribution in [-0.4, -0.2) is 35.3 Å². The first-order valence-electron chi connectivity index (χ1n) is 7.17. The van der Waals surface area contributed by atoms with Gasteiger partial charge in [0.1, 0.15) is 0 Å². The molecule has 0 amide bonds. The van der Waals surface area contributed by atoms with Gasteiger partial charge in [-0.25, -0.2) is 9.78 Å². The minimum Gasteiger partial charge on any atom is -0.493 e. The summed E-state index contributed by atoms with van der Waals surface area (Å²) >= 11 is 1.54. The molecule has 2 N–H and O–H groups in total. The second-order valence-electron chi connectivity index (χ2n) is 5.06. The third-order valence-electron chi connectivity index (χ3n) is 3.54.